The lowest BCUT2D eigenvalue weighted by atomic mass is 9.99. The van der Waals surface area contributed by atoms with Crippen LogP contribution in [0.3, 0.4) is 0 Å². The first-order valence-electron chi connectivity index (χ1n) is 20.6. The second-order valence-corrected chi connectivity index (χ2v) is 14.5. The van der Waals surface area contributed by atoms with Crippen LogP contribution < -0.4 is 0 Å². The van der Waals surface area contributed by atoms with E-state index in [2.05, 4.69) is 13.8 Å². The van der Waals surface area contributed by atoms with Crippen LogP contribution in [0, 0.1) is 0 Å². The minimum absolute atomic E-state index is 0.209. The van der Waals surface area contributed by atoms with Gasteiger partial charge in [-0.1, -0.05) is 162 Å². The number of hydrogen-bond donors (Lipinski definition) is 4. The van der Waals surface area contributed by atoms with Crippen molar-refractivity contribution in [2.45, 2.75) is 224 Å². The summed E-state index contributed by atoms with van der Waals surface area (Å²) in [6.07, 6.45) is 22.5. The summed E-state index contributed by atoms with van der Waals surface area (Å²) in [5.41, 5.74) is 0. The standard InChI is InChI=1S/C40H76O10/c1-3-5-7-9-11-13-15-17-19-21-23-25-27-29-36(43)49-33(32-48-40-39(46)38(45)37(44)34(30-41)50-40)31-47-35(42)28-26-24-22-20-18-16-14-12-10-8-6-4-2/h33-34,37-41,44-46H,3-32H2,1-2H3/t33-,34-,37+,38+,39-,40-/m1/s1. The van der Waals surface area contributed by atoms with Crippen LogP contribution in [0.15, 0.2) is 0 Å². The molecule has 1 saturated heterocycles. The lowest BCUT2D eigenvalue weighted by Crippen LogP contribution is -2.59. The summed E-state index contributed by atoms with van der Waals surface area (Å²) in [7, 11) is 0. The van der Waals surface area contributed by atoms with Gasteiger partial charge in [0.15, 0.2) is 12.4 Å². The van der Waals surface area contributed by atoms with Crippen LogP contribution in [-0.2, 0) is 28.5 Å². The fraction of sp³-hybridized carbons (Fsp3) is 0.950. The second-order valence-electron chi connectivity index (χ2n) is 14.5. The summed E-state index contributed by atoms with van der Waals surface area (Å²) in [6.45, 7) is 3.42. The predicted octanol–water partition coefficient (Wildman–Crippen LogP) is 7.83. The zero-order valence-electron chi connectivity index (χ0n) is 31.9. The van der Waals surface area contributed by atoms with E-state index in [-0.39, 0.29) is 32.0 Å². The average molecular weight is 717 g/mol. The third-order valence-electron chi connectivity index (χ3n) is 9.74. The first-order valence-corrected chi connectivity index (χ1v) is 20.6. The number of carbonyl (C=O) groups is 2. The molecule has 296 valence electrons. The monoisotopic (exact) mass is 717 g/mol. The second kappa shape index (κ2) is 32.4. The van der Waals surface area contributed by atoms with Gasteiger partial charge in [0, 0.05) is 12.8 Å². The first kappa shape index (κ1) is 46.7. The van der Waals surface area contributed by atoms with Gasteiger partial charge in [-0.05, 0) is 12.8 Å². The van der Waals surface area contributed by atoms with Gasteiger partial charge >= 0.3 is 11.9 Å². The summed E-state index contributed by atoms with van der Waals surface area (Å²) < 4.78 is 22.1. The molecular formula is C40H76O10. The maximum Gasteiger partial charge on any atom is 0.306 e. The van der Waals surface area contributed by atoms with E-state index in [1.807, 2.05) is 0 Å². The van der Waals surface area contributed by atoms with E-state index in [1.165, 1.54) is 116 Å². The summed E-state index contributed by atoms with van der Waals surface area (Å²) in [6, 6.07) is 0. The molecule has 1 aliphatic rings. The largest absolute Gasteiger partial charge is 0.462 e. The SMILES string of the molecule is CCCCCCCCCCCCCCCC(=O)O[C@H](COC(=O)CCCCCCCCCCCCCC)CO[C@@H]1O[C@H](CO)[C@H](O)[C@H](O)[C@H]1O. The topological polar surface area (TPSA) is 152 Å². The molecule has 0 aliphatic carbocycles. The number of ether oxygens (including phenoxy) is 4. The van der Waals surface area contributed by atoms with E-state index in [4.69, 9.17) is 18.9 Å². The van der Waals surface area contributed by atoms with Crippen LogP contribution in [0.25, 0.3) is 0 Å². The van der Waals surface area contributed by atoms with Gasteiger partial charge < -0.3 is 39.4 Å². The number of hydrogen-bond acceptors (Lipinski definition) is 10. The normalized spacial score (nSPS) is 21.3. The number of carbonyl (C=O) groups excluding carboxylic acids is 2. The van der Waals surface area contributed by atoms with Crippen molar-refractivity contribution >= 4 is 11.9 Å². The smallest absolute Gasteiger partial charge is 0.306 e. The Morgan fingerprint density at radius 3 is 1.36 bits per heavy atom. The highest BCUT2D eigenvalue weighted by Crippen LogP contribution is 2.23. The molecule has 1 heterocycles. The molecule has 0 bridgehead atoms. The van der Waals surface area contributed by atoms with E-state index < -0.39 is 49.4 Å². The molecule has 0 aromatic rings. The quantitative estimate of drug-likeness (QED) is 0.0383. The van der Waals surface area contributed by atoms with Gasteiger partial charge in [-0.15, -0.1) is 0 Å². The molecule has 0 unspecified atom stereocenters. The molecule has 1 rings (SSSR count). The Labute approximate surface area is 304 Å². The summed E-state index contributed by atoms with van der Waals surface area (Å²) >= 11 is 0. The first-order chi connectivity index (χ1) is 24.3. The van der Waals surface area contributed by atoms with Gasteiger partial charge in [0.05, 0.1) is 13.2 Å². The maximum atomic E-state index is 12.7. The van der Waals surface area contributed by atoms with Gasteiger partial charge in [0.1, 0.15) is 31.0 Å². The average Bonchev–Trinajstić information content (AvgIpc) is 3.11. The highest BCUT2D eigenvalue weighted by molar-refractivity contribution is 5.70. The van der Waals surface area contributed by atoms with Gasteiger partial charge in [0.2, 0.25) is 0 Å². The molecule has 0 saturated carbocycles. The molecule has 1 fully saturated rings. The predicted molar refractivity (Wildman–Crippen MR) is 197 cm³/mol. The van der Waals surface area contributed by atoms with Gasteiger partial charge in [0.25, 0.3) is 0 Å². The fourth-order valence-corrected chi connectivity index (χ4v) is 6.42. The van der Waals surface area contributed by atoms with E-state index in [1.54, 1.807) is 0 Å². The van der Waals surface area contributed by atoms with Crippen molar-refractivity contribution < 1.29 is 49.0 Å². The lowest BCUT2D eigenvalue weighted by molar-refractivity contribution is -0.305. The molecule has 4 N–H and O–H groups in total. The molecule has 0 aromatic carbocycles. The van der Waals surface area contributed by atoms with E-state index in [0.717, 1.165) is 38.5 Å². The van der Waals surface area contributed by atoms with Crippen molar-refractivity contribution in [3.63, 3.8) is 0 Å². The minimum Gasteiger partial charge on any atom is -0.462 e. The highest BCUT2D eigenvalue weighted by atomic mass is 16.7. The summed E-state index contributed by atoms with van der Waals surface area (Å²) in [4.78, 5) is 25.2. The zero-order valence-corrected chi connectivity index (χ0v) is 31.9. The molecule has 0 spiro atoms. The summed E-state index contributed by atoms with van der Waals surface area (Å²) in [5, 5.41) is 39.9. The van der Waals surface area contributed by atoms with E-state index in [0.29, 0.717) is 6.42 Å². The van der Waals surface area contributed by atoms with Crippen LogP contribution in [0.4, 0.5) is 0 Å². The number of esters is 2. The molecule has 10 heteroatoms. The molecule has 1 aliphatic heterocycles. The molecule has 0 radical (unpaired) electrons. The van der Waals surface area contributed by atoms with Gasteiger partial charge in [-0.25, -0.2) is 0 Å². The Morgan fingerprint density at radius 1 is 0.540 bits per heavy atom. The zero-order chi connectivity index (χ0) is 36.7. The fourth-order valence-electron chi connectivity index (χ4n) is 6.42. The molecule has 10 nitrogen and oxygen atoms in total. The number of aliphatic hydroxyl groups excluding tert-OH is 4. The lowest BCUT2D eigenvalue weighted by Gasteiger charge is -2.39. The minimum atomic E-state index is -1.59. The Balaban J connectivity index is 2.36. The Morgan fingerprint density at radius 2 is 0.940 bits per heavy atom. The molecular weight excluding hydrogens is 640 g/mol. The molecule has 0 aromatic heterocycles. The summed E-state index contributed by atoms with van der Waals surface area (Å²) in [5.74, 6) is -0.796. The van der Waals surface area contributed by atoms with Gasteiger partial charge in [-0.3, -0.25) is 9.59 Å². The van der Waals surface area contributed by atoms with Crippen molar-refractivity contribution in [2.24, 2.45) is 0 Å². The van der Waals surface area contributed by atoms with Crippen molar-refractivity contribution in [1.29, 1.82) is 0 Å². The van der Waals surface area contributed by atoms with E-state index in [9.17, 15) is 30.0 Å². The van der Waals surface area contributed by atoms with Crippen molar-refractivity contribution in [3.8, 4) is 0 Å². The van der Waals surface area contributed by atoms with Crippen molar-refractivity contribution in [1.82, 2.24) is 0 Å². The molecule has 6 atom stereocenters. The van der Waals surface area contributed by atoms with Crippen LogP contribution in [-0.4, -0.2) is 89.0 Å². The Hall–Kier alpha value is -1.30. The highest BCUT2D eigenvalue weighted by Gasteiger charge is 2.44. The molecule has 50 heavy (non-hydrogen) atoms. The maximum absolute atomic E-state index is 12.7. The number of unbranched alkanes of at least 4 members (excludes halogenated alkanes) is 23. The van der Waals surface area contributed by atoms with Crippen LogP contribution in [0.2, 0.25) is 0 Å². The van der Waals surface area contributed by atoms with Crippen molar-refractivity contribution in [2.75, 3.05) is 19.8 Å². The van der Waals surface area contributed by atoms with Crippen molar-refractivity contribution in [3.05, 3.63) is 0 Å². The Kier molecular flexibility index (Phi) is 30.2. The van der Waals surface area contributed by atoms with Gasteiger partial charge in [-0.2, -0.15) is 0 Å². The van der Waals surface area contributed by atoms with Crippen LogP contribution in [0.1, 0.15) is 187 Å². The third-order valence-corrected chi connectivity index (χ3v) is 9.74. The van der Waals surface area contributed by atoms with E-state index >= 15 is 0 Å². The number of aliphatic hydroxyl groups is 4. The van der Waals surface area contributed by atoms with Crippen LogP contribution >= 0.6 is 0 Å². The Bertz CT molecular complexity index is 794. The third kappa shape index (κ3) is 24.0. The van der Waals surface area contributed by atoms with Crippen LogP contribution in [0.5, 0.6) is 0 Å². The molecule has 0 amide bonds. The number of rotatable bonds is 34.